The summed E-state index contributed by atoms with van der Waals surface area (Å²) in [6, 6.07) is 9.23. The third-order valence-corrected chi connectivity index (χ3v) is 4.64. The lowest BCUT2D eigenvalue weighted by atomic mass is 9.92. The Bertz CT molecular complexity index is 511. The highest BCUT2D eigenvalue weighted by Gasteiger charge is 2.41. The first-order valence-electron chi connectivity index (χ1n) is 8.55. The molecular weight excluding hydrogens is 308 g/mol. The molecule has 0 radical (unpaired) electrons. The number of aryl methyl sites for hydroxylation is 1. The second-order valence-electron chi connectivity index (χ2n) is 6.48. The average molecular weight is 336 g/mol. The highest BCUT2D eigenvalue weighted by molar-refractivity contribution is 5.73. The smallest absolute Gasteiger partial charge is 0.217 e. The Morgan fingerprint density at radius 2 is 1.92 bits per heavy atom. The molecule has 1 heterocycles. The molecule has 4 N–H and O–H groups in total. The van der Waals surface area contributed by atoms with E-state index in [1.165, 1.54) is 12.5 Å². The predicted octanol–water partition coefficient (Wildman–Crippen LogP) is -0.0877. The molecular formula is C18H28N2O4. The number of hydrogen-bond donors (Lipinski definition) is 4. The number of hydrogen-bond acceptors (Lipinski definition) is 5. The lowest BCUT2D eigenvalue weighted by Crippen LogP contribution is -2.66. The standard InChI is InChI=1S/C18H28N2O4/c1-13(22)19-15-11-20(16(12-21)18(24)17(15)23)10-6-5-9-14-7-3-2-4-8-14/h2-4,7-8,15-18,21,23-24H,5-6,9-12H2,1H3,(H,19,22). The van der Waals surface area contributed by atoms with Gasteiger partial charge in [0.1, 0.15) is 6.10 Å². The third-order valence-electron chi connectivity index (χ3n) is 4.64. The molecule has 134 valence electrons. The maximum absolute atomic E-state index is 11.3. The third kappa shape index (κ3) is 5.01. The molecule has 4 unspecified atom stereocenters. The highest BCUT2D eigenvalue weighted by atomic mass is 16.3. The molecule has 1 aromatic rings. The van der Waals surface area contributed by atoms with E-state index in [9.17, 15) is 20.1 Å². The van der Waals surface area contributed by atoms with Gasteiger partial charge in [0.05, 0.1) is 24.8 Å². The van der Waals surface area contributed by atoms with E-state index in [4.69, 9.17) is 0 Å². The molecule has 0 aromatic heterocycles. The summed E-state index contributed by atoms with van der Waals surface area (Å²) in [6.07, 6.45) is 0.767. The average Bonchev–Trinajstić information content (AvgIpc) is 2.57. The summed E-state index contributed by atoms with van der Waals surface area (Å²) in [5, 5.41) is 32.6. The second kappa shape index (κ2) is 9.13. The van der Waals surface area contributed by atoms with E-state index in [1.807, 2.05) is 23.1 Å². The Hall–Kier alpha value is -1.47. The van der Waals surface area contributed by atoms with Gasteiger partial charge in [-0.25, -0.2) is 0 Å². The van der Waals surface area contributed by atoms with Crippen LogP contribution in [0, 0.1) is 0 Å². The van der Waals surface area contributed by atoms with Crippen molar-refractivity contribution >= 4 is 5.91 Å². The van der Waals surface area contributed by atoms with Crippen molar-refractivity contribution in [3.8, 4) is 0 Å². The van der Waals surface area contributed by atoms with Crippen LogP contribution < -0.4 is 5.32 Å². The molecule has 1 amide bonds. The zero-order valence-corrected chi connectivity index (χ0v) is 14.1. The topological polar surface area (TPSA) is 93.0 Å². The number of likely N-dealkylation sites (tertiary alicyclic amines) is 1. The maximum atomic E-state index is 11.3. The number of unbranched alkanes of at least 4 members (excludes halogenated alkanes) is 1. The number of nitrogens with zero attached hydrogens (tertiary/aromatic N) is 1. The molecule has 0 spiro atoms. The van der Waals surface area contributed by atoms with Crippen LogP contribution >= 0.6 is 0 Å². The van der Waals surface area contributed by atoms with Gasteiger partial charge >= 0.3 is 0 Å². The number of carbonyl (C=O) groups excluding carboxylic acids is 1. The molecule has 1 aliphatic rings. The van der Waals surface area contributed by atoms with Crippen LogP contribution in [0.4, 0.5) is 0 Å². The molecule has 1 saturated heterocycles. The normalized spacial score (nSPS) is 27.8. The largest absolute Gasteiger partial charge is 0.395 e. The van der Waals surface area contributed by atoms with Crippen LogP contribution in [0.15, 0.2) is 30.3 Å². The number of carbonyl (C=O) groups is 1. The van der Waals surface area contributed by atoms with E-state index in [0.717, 1.165) is 19.3 Å². The molecule has 2 rings (SSSR count). The fourth-order valence-corrected chi connectivity index (χ4v) is 3.34. The maximum Gasteiger partial charge on any atom is 0.217 e. The van der Waals surface area contributed by atoms with Crippen LogP contribution in [0.25, 0.3) is 0 Å². The van der Waals surface area contributed by atoms with Crippen molar-refractivity contribution in [2.24, 2.45) is 0 Å². The Morgan fingerprint density at radius 1 is 1.21 bits per heavy atom. The highest BCUT2D eigenvalue weighted by Crippen LogP contribution is 2.20. The van der Waals surface area contributed by atoms with E-state index in [-0.39, 0.29) is 12.5 Å². The number of nitrogens with one attached hydrogen (secondary N) is 1. The molecule has 0 bridgehead atoms. The van der Waals surface area contributed by atoms with E-state index in [0.29, 0.717) is 13.1 Å². The van der Waals surface area contributed by atoms with Crippen LogP contribution in [-0.2, 0) is 11.2 Å². The number of aliphatic hydroxyl groups excluding tert-OH is 3. The van der Waals surface area contributed by atoms with Gasteiger partial charge in [0.2, 0.25) is 5.91 Å². The summed E-state index contributed by atoms with van der Waals surface area (Å²) in [5.41, 5.74) is 1.29. The van der Waals surface area contributed by atoms with Gasteiger partial charge in [-0.15, -0.1) is 0 Å². The summed E-state index contributed by atoms with van der Waals surface area (Å²) < 4.78 is 0. The number of amides is 1. The van der Waals surface area contributed by atoms with Crippen molar-refractivity contribution < 1.29 is 20.1 Å². The lowest BCUT2D eigenvalue weighted by Gasteiger charge is -2.45. The van der Waals surface area contributed by atoms with Gasteiger partial charge in [-0.2, -0.15) is 0 Å². The van der Waals surface area contributed by atoms with Crippen LogP contribution in [0.3, 0.4) is 0 Å². The van der Waals surface area contributed by atoms with Crippen molar-refractivity contribution in [3.05, 3.63) is 35.9 Å². The van der Waals surface area contributed by atoms with Crippen LogP contribution in [0.5, 0.6) is 0 Å². The van der Waals surface area contributed by atoms with Crippen LogP contribution in [0.1, 0.15) is 25.3 Å². The molecule has 1 fully saturated rings. The molecule has 0 aliphatic carbocycles. The van der Waals surface area contributed by atoms with Crippen molar-refractivity contribution in [1.82, 2.24) is 10.2 Å². The fraction of sp³-hybridized carbons (Fsp3) is 0.611. The van der Waals surface area contributed by atoms with E-state index in [1.54, 1.807) is 0 Å². The van der Waals surface area contributed by atoms with Gasteiger partial charge in [-0.05, 0) is 31.4 Å². The van der Waals surface area contributed by atoms with Gasteiger partial charge in [-0.3, -0.25) is 9.69 Å². The molecule has 6 heteroatoms. The summed E-state index contributed by atoms with van der Waals surface area (Å²) in [6.45, 7) is 2.30. The van der Waals surface area contributed by atoms with Crippen molar-refractivity contribution in [2.45, 2.75) is 50.5 Å². The monoisotopic (exact) mass is 336 g/mol. The van der Waals surface area contributed by atoms with Crippen molar-refractivity contribution in [1.29, 1.82) is 0 Å². The van der Waals surface area contributed by atoms with Gasteiger partial charge in [0, 0.05) is 13.5 Å². The molecule has 4 atom stereocenters. The Kier molecular flexibility index (Phi) is 7.17. The number of piperidine rings is 1. The first-order valence-corrected chi connectivity index (χ1v) is 8.55. The zero-order chi connectivity index (χ0) is 17.5. The van der Waals surface area contributed by atoms with E-state index >= 15 is 0 Å². The molecule has 6 nitrogen and oxygen atoms in total. The summed E-state index contributed by atoms with van der Waals surface area (Å²) >= 11 is 0. The van der Waals surface area contributed by atoms with Gasteiger partial charge in [0.15, 0.2) is 0 Å². The number of benzene rings is 1. The molecule has 1 aromatic carbocycles. The SMILES string of the molecule is CC(=O)NC1CN(CCCCc2ccccc2)C(CO)C(O)C1O. The van der Waals surface area contributed by atoms with Crippen LogP contribution in [-0.4, -0.2) is 70.1 Å². The summed E-state index contributed by atoms with van der Waals surface area (Å²) in [5.74, 6) is -0.238. The zero-order valence-electron chi connectivity index (χ0n) is 14.1. The summed E-state index contributed by atoms with van der Waals surface area (Å²) in [4.78, 5) is 13.2. The van der Waals surface area contributed by atoms with Gasteiger partial charge < -0.3 is 20.6 Å². The van der Waals surface area contributed by atoms with E-state index in [2.05, 4.69) is 17.4 Å². The number of rotatable bonds is 7. The Balaban J connectivity index is 1.87. The van der Waals surface area contributed by atoms with Crippen LogP contribution in [0.2, 0.25) is 0 Å². The van der Waals surface area contributed by atoms with Crippen molar-refractivity contribution in [2.75, 3.05) is 19.7 Å². The van der Waals surface area contributed by atoms with Gasteiger partial charge in [-0.1, -0.05) is 30.3 Å². The molecule has 1 aliphatic heterocycles. The van der Waals surface area contributed by atoms with Crippen molar-refractivity contribution in [3.63, 3.8) is 0 Å². The molecule has 0 saturated carbocycles. The fourth-order valence-electron chi connectivity index (χ4n) is 3.34. The quantitative estimate of drug-likeness (QED) is 0.522. The minimum Gasteiger partial charge on any atom is -0.395 e. The Labute approximate surface area is 143 Å². The molecule has 24 heavy (non-hydrogen) atoms. The summed E-state index contributed by atoms with van der Waals surface area (Å²) in [7, 11) is 0. The van der Waals surface area contributed by atoms with Gasteiger partial charge in [0.25, 0.3) is 0 Å². The minimum absolute atomic E-state index is 0.219. The predicted molar refractivity (Wildman–Crippen MR) is 91.4 cm³/mol. The Morgan fingerprint density at radius 3 is 2.54 bits per heavy atom. The lowest BCUT2D eigenvalue weighted by molar-refractivity contribution is -0.128. The van der Waals surface area contributed by atoms with E-state index < -0.39 is 24.3 Å². The first-order chi connectivity index (χ1) is 11.5. The first kappa shape index (κ1) is 18.9. The second-order valence-corrected chi connectivity index (χ2v) is 6.48. The minimum atomic E-state index is -1.07. The number of aliphatic hydroxyl groups is 3.